The second-order valence-corrected chi connectivity index (χ2v) is 5.33. The Balaban J connectivity index is 1.94. The summed E-state index contributed by atoms with van der Waals surface area (Å²) in [5.74, 6) is 0.892. The van der Waals surface area contributed by atoms with Gasteiger partial charge >= 0.3 is 0 Å². The molecule has 0 fully saturated rings. The first-order valence-electron chi connectivity index (χ1n) is 7.38. The topological polar surface area (TPSA) is 35.2 Å². The normalized spacial score (nSPS) is 14.9. The SMILES string of the molecule is CCOc1ccccc1C(N)c1ccc2c(c1)CCC2. The van der Waals surface area contributed by atoms with E-state index in [2.05, 4.69) is 24.3 Å². The monoisotopic (exact) mass is 267 g/mol. The molecule has 0 heterocycles. The number of rotatable bonds is 4. The average Bonchev–Trinajstić information content (AvgIpc) is 2.95. The Bertz CT molecular complexity index is 606. The van der Waals surface area contributed by atoms with Crippen LogP contribution < -0.4 is 10.5 Å². The molecule has 2 nitrogen and oxygen atoms in total. The largest absolute Gasteiger partial charge is 0.494 e. The summed E-state index contributed by atoms with van der Waals surface area (Å²) < 4.78 is 5.69. The molecule has 0 amide bonds. The van der Waals surface area contributed by atoms with Crippen LogP contribution in [0.4, 0.5) is 0 Å². The summed E-state index contributed by atoms with van der Waals surface area (Å²) in [6, 6.07) is 14.6. The molecule has 3 rings (SSSR count). The van der Waals surface area contributed by atoms with Gasteiger partial charge in [0.25, 0.3) is 0 Å². The van der Waals surface area contributed by atoms with Crippen molar-refractivity contribution in [2.45, 2.75) is 32.2 Å². The van der Waals surface area contributed by atoms with Crippen LogP contribution in [0.1, 0.15) is 41.6 Å². The van der Waals surface area contributed by atoms with Gasteiger partial charge in [0, 0.05) is 5.56 Å². The first kappa shape index (κ1) is 13.2. The molecule has 0 aromatic heterocycles. The number of hydrogen-bond donors (Lipinski definition) is 1. The molecule has 1 aliphatic rings. The van der Waals surface area contributed by atoms with Gasteiger partial charge in [-0.05, 0) is 48.9 Å². The first-order valence-corrected chi connectivity index (χ1v) is 7.38. The van der Waals surface area contributed by atoms with E-state index in [0.29, 0.717) is 6.61 Å². The highest BCUT2D eigenvalue weighted by molar-refractivity contribution is 5.44. The Morgan fingerprint density at radius 2 is 1.90 bits per heavy atom. The molecule has 0 bridgehead atoms. The molecule has 0 spiro atoms. The molecule has 0 saturated carbocycles. The minimum atomic E-state index is -0.122. The number of nitrogens with two attached hydrogens (primary N) is 1. The first-order chi connectivity index (χ1) is 9.79. The zero-order valence-electron chi connectivity index (χ0n) is 11.9. The highest BCUT2D eigenvalue weighted by Crippen LogP contribution is 2.31. The molecule has 0 saturated heterocycles. The van der Waals surface area contributed by atoms with Crippen LogP contribution in [0.15, 0.2) is 42.5 Å². The van der Waals surface area contributed by atoms with E-state index in [-0.39, 0.29) is 6.04 Å². The molecule has 0 radical (unpaired) electrons. The van der Waals surface area contributed by atoms with Gasteiger partial charge in [-0.15, -0.1) is 0 Å². The number of benzene rings is 2. The maximum atomic E-state index is 6.46. The predicted octanol–water partition coefficient (Wildman–Crippen LogP) is 3.62. The molecule has 1 aliphatic carbocycles. The van der Waals surface area contributed by atoms with E-state index in [1.54, 1.807) is 0 Å². The Labute approximate surface area is 120 Å². The van der Waals surface area contributed by atoms with Crippen LogP contribution in [0.3, 0.4) is 0 Å². The molecule has 20 heavy (non-hydrogen) atoms. The van der Waals surface area contributed by atoms with Crippen LogP contribution in [-0.2, 0) is 12.8 Å². The third-order valence-electron chi connectivity index (χ3n) is 4.04. The van der Waals surface area contributed by atoms with Gasteiger partial charge in [-0.1, -0.05) is 36.4 Å². The van der Waals surface area contributed by atoms with E-state index in [4.69, 9.17) is 10.5 Å². The summed E-state index contributed by atoms with van der Waals surface area (Å²) >= 11 is 0. The zero-order valence-corrected chi connectivity index (χ0v) is 11.9. The molecule has 2 aromatic carbocycles. The van der Waals surface area contributed by atoms with E-state index in [1.807, 2.05) is 25.1 Å². The fourth-order valence-corrected chi connectivity index (χ4v) is 2.99. The predicted molar refractivity (Wildman–Crippen MR) is 82.1 cm³/mol. The average molecular weight is 267 g/mol. The number of aryl methyl sites for hydroxylation is 2. The summed E-state index contributed by atoms with van der Waals surface area (Å²) in [6.45, 7) is 2.66. The van der Waals surface area contributed by atoms with Gasteiger partial charge in [0.1, 0.15) is 5.75 Å². The highest BCUT2D eigenvalue weighted by atomic mass is 16.5. The number of fused-ring (bicyclic) bond motifs is 1. The van der Waals surface area contributed by atoms with Crippen LogP contribution in [0.5, 0.6) is 5.75 Å². The van der Waals surface area contributed by atoms with Gasteiger partial charge in [-0.2, -0.15) is 0 Å². The van der Waals surface area contributed by atoms with Crippen molar-refractivity contribution < 1.29 is 4.74 Å². The van der Waals surface area contributed by atoms with E-state index in [9.17, 15) is 0 Å². The van der Waals surface area contributed by atoms with Gasteiger partial charge in [-0.3, -0.25) is 0 Å². The molecule has 2 aromatic rings. The molecule has 104 valence electrons. The lowest BCUT2D eigenvalue weighted by Crippen LogP contribution is -2.14. The number of ether oxygens (including phenoxy) is 1. The van der Waals surface area contributed by atoms with Crippen LogP contribution in [0.25, 0.3) is 0 Å². The molecule has 2 heteroatoms. The molecule has 2 N–H and O–H groups in total. The van der Waals surface area contributed by atoms with Crippen LogP contribution in [-0.4, -0.2) is 6.61 Å². The zero-order chi connectivity index (χ0) is 13.9. The van der Waals surface area contributed by atoms with Crippen molar-refractivity contribution in [3.63, 3.8) is 0 Å². The maximum Gasteiger partial charge on any atom is 0.124 e. The summed E-state index contributed by atoms with van der Waals surface area (Å²) in [4.78, 5) is 0. The van der Waals surface area contributed by atoms with Crippen molar-refractivity contribution in [2.24, 2.45) is 5.73 Å². The van der Waals surface area contributed by atoms with E-state index >= 15 is 0 Å². The Hall–Kier alpha value is -1.80. The van der Waals surface area contributed by atoms with Gasteiger partial charge < -0.3 is 10.5 Å². The lowest BCUT2D eigenvalue weighted by molar-refractivity contribution is 0.335. The van der Waals surface area contributed by atoms with Crippen molar-refractivity contribution in [3.8, 4) is 5.75 Å². The van der Waals surface area contributed by atoms with Gasteiger partial charge in [0.2, 0.25) is 0 Å². The van der Waals surface area contributed by atoms with Crippen molar-refractivity contribution in [2.75, 3.05) is 6.61 Å². The van der Waals surface area contributed by atoms with Crippen molar-refractivity contribution in [1.82, 2.24) is 0 Å². The fourth-order valence-electron chi connectivity index (χ4n) is 2.99. The van der Waals surface area contributed by atoms with Crippen molar-refractivity contribution in [1.29, 1.82) is 0 Å². The molecular formula is C18H21NO. The van der Waals surface area contributed by atoms with Crippen LogP contribution >= 0.6 is 0 Å². The maximum absolute atomic E-state index is 6.46. The van der Waals surface area contributed by atoms with Crippen LogP contribution in [0, 0.1) is 0 Å². The number of hydrogen-bond acceptors (Lipinski definition) is 2. The Kier molecular flexibility index (Phi) is 3.75. The van der Waals surface area contributed by atoms with Crippen molar-refractivity contribution >= 4 is 0 Å². The second-order valence-electron chi connectivity index (χ2n) is 5.33. The quantitative estimate of drug-likeness (QED) is 0.918. The van der Waals surface area contributed by atoms with Crippen LogP contribution in [0.2, 0.25) is 0 Å². The lowest BCUT2D eigenvalue weighted by Gasteiger charge is -2.17. The third kappa shape index (κ3) is 2.44. The van der Waals surface area contributed by atoms with Crippen molar-refractivity contribution in [3.05, 3.63) is 64.7 Å². The summed E-state index contributed by atoms with van der Waals surface area (Å²) in [5.41, 5.74) is 11.7. The van der Waals surface area contributed by atoms with Gasteiger partial charge in [-0.25, -0.2) is 0 Å². The summed E-state index contributed by atoms with van der Waals surface area (Å²) in [6.07, 6.45) is 3.66. The summed E-state index contributed by atoms with van der Waals surface area (Å²) in [7, 11) is 0. The molecule has 1 unspecified atom stereocenters. The standard InChI is InChI=1S/C18H21NO/c1-2-20-17-9-4-3-8-16(17)18(19)15-11-10-13-6-5-7-14(13)12-15/h3-4,8-12,18H,2,5-7,19H2,1H3. The minimum Gasteiger partial charge on any atom is -0.494 e. The minimum absolute atomic E-state index is 0.122. The lowest BCUT2D eigenvalue weighted by atomic mass is 9.96. The smallest absolute Gasteiger partial charge is 0.124 e. The Morgan fingerprint density at radius 1 is 1.10 bits per heavy atom. The van der Waals surface area contributed by atoms with E-state index in [1.165, 1.54) is 36.0 Å². The van der Waals surface area contributed by atoms with Gasteiger partial charge in [0.05, 0.1) is 12.6 Å². The molecular weight excluding hydrogens is 246 g/mol. The Morgan fingerprint density at radius 3 is 2.75 bits per heavy atom. The van der Waals surface area contributed by atoms with Gasteiger partial charge in [0.15, 0.2) is 0 Å². The number of para-hydroxylation sites is 1. The fraction of sp³-hybridized carbons (Fsp3) is 0.333. The molecule has 0 aliphatic heterocycles. The van der Waals surface area contributed by atoms with E-state index in [0.717, 1.165) is 11.3 Å². The third-order valence-corrected chi connectivity index (χ3v) is 4.04. The molecule has 1 atom stereocenters. The van der Waals surface area contributed by atoms with E-state index < -0.39 is 0 Å². The second kappa shape index (κ2) is 5.68. The summed E-state index contributed by atoms with van der Waals surface area (Å²) in [5, 5.41) is 0. The highest BCUT2D eigenvalue weighted by Gasteiger charge is 2.17.